The van der Waals surface area contributed by atoms with E-state index in [-0.39, 0.29) is 0 Å². The number of rotatable bonds is 7. The third kappa shape index (κ3) is 4.08. The summed E-state index contributed by atoms with van der Waals surface area (Å²) in [7, 11) is 0. The Labute approximate surface area is 127 Å². The Hall–Kier alpha value is -1.80. The van der Waals surface area contributed by atoms with Gasteiger partial charge in [0.25, 0.3) is 0 Å². The molecule has 0 bridgehead atoms. The maximum atomic E-state index is 5.52. The monoisotopic (exact) mass is 281 g/mol. The first kappa shape index (κ1) is 14.2. The van der Waals surface area contributed by atoms with Crippen LogP contribution in [0.15, 0.2) is 48.5 Å². The predicted octanol–water partition coefficient (Wildman–Crippen LogP) is 4.25. The Morgan fingerprint density at radius 1 is 1.00 bits per heavy atom. The fraction of sp³-hybridized carbons (Fsp3) is 0.368. The van der Waals surface area contributed by atoms with Gasteiger partial charge in [0.15, 0.2) is 0 Å². The first-order valence-corrected chi connectivity index (χ1v) is 7.86. The Morgan fingerprint density at radius 2 is 1.76 bits per heavy atom. The van der Waals surface area contributed by atoms with Crippen molar-refractivity contribution in [3.05, 3.63) is 65.2 Å². The highest BCUT2D eigenvalue weighted by molar-refractivity contribution is 5.29. The lowest BCUT2D eigenvalue weighted by atomic mass is 10.1. The van der Waals surface area contributed by atoms with E-state index in [1.54, 1.807) is 0 Å². The summed E-state index contributed by atoms with van der Waals surface area (Å²) >= 11 is 0. The maximum absolute atomic E-state index is 5.52. The molecule has 2 nitrogen and oxygen atoms in total. The lowest BCUT2D eigenvalue weighted by Crippen LogP contribution is -2.12. The topological polar surface area (TPSA) is 21.3 Å². The fourth-order valence-corrected chi connectivity index (χ4v) is 2.59. The van der Waals surface area contributed by atoms with Gasteiger partial charge in [0.1, 0.15) is 5.75 Å². The third-order valence-corrected chi connectivity index (χ3v) is 3.90. The van der Waals surface area contributed by atoms with Crippen LogP contribution < -0.4 is 10.1 Å². The second kappa shape index (κ2) is 6.77. The number of ether oxygens (including phenoxy) is 1. The SMILES string of the molecule is CCOc1cccc(CNCc2ccc(C3CC3)cc2)c1. The first-order valence-electron chi connectivity index (χ1n) is 7.86. The molecular formula is C19H23NO. The van der Waals surface area contributed by atoms with Gasteiger partial charge in [0.05, 0.1) is 6.61 Å². The number of nitrogens with one attached hydrogen (secondary N) is 1. The van der Waals surface area contributed by atoms with Gasteiger partial charge in [-0.15, -0.1) is 0 Å². The summed E-state index contributed by atoms with van der Waals surface area (Å²) in [5, 5.41) is 3.50. The van der Waals surface area contributed by atoms with Crippen molar-refractivity contribution in [2.24, 2.45) is 0 Å². The van der Waals surface area contributed by atoms with Crippen LogP contribution in [0.3, 0.4) is 0 Å². The van der Waals surface area contributed by atoms with Crippen molar-refractivity contribution in [3.63, 3.8) is 0 Å². The van der Waals surface area contributed by atoms with E-state index in [0.29, 0.717) is 6.61 Å². The molecule has 1 saturated carbocycles. The Bertz CT molecular complexity index is 572. The van der Waals surface area contributed by atoms with E-state index in [0.717, 1.165) is 24.8 Å². The Morgan fingerprint density at radius 3 is 2.48 bits per heavy atom. The van der Waals surface area contributed by atoms with E-state index in [2.05, 4.69) is 41.7 Å². The fourth-order valence-electron chi connectivity index (χ4n) is 2.59. The molecule has 110 valence electrons. The van der Waals surface area contributed by atoms with E-state index in [9.17, 15) is 0 Å². The molecule has 1 fully saturated rings. The van der Waals surface area contributed by atoms with E-state index in [4.69, 9.17) is 4.74 Å². The van der Waals surface area contributed by atoms with Crippen molar-refractivity contribution in [1.29, 1.82) is 0 Å². The van der Waals surface area contributed by atoms with E-state index < -0.39 is 0 Å². The molecule has 0 atom stereocenters. The zero-order chi connectivity index (χ0) is 14.5. The predicted molar refractivity (Wildman–Crippen MR) is 86.6 cm³/mol. The largest absolute Gasteiger partial charge is 0.494 e. The lowest BCUT2D eigenvalue weighted by Gasteiger charge is -2.08. The van der Waals surface area contributed by atoms with Crippen molar-refractivity contribution < 1.29 is 4.74 Å². The minimum atomic E-state index is 0.713. The normalized spacial score (nSPS) is 14.1. The minimum Gasteiger partial charge on any atom is -0.494 e. The van der Waals surface area contributed by atoms with Gasteiger partial charge < -0.3 is 10.1 Å². The van der Waals surface area contributed by atoms with Crippen LogP contribution in [-0.2, 0) is 13.1 Å². The second-order valence-electron chi connectivity index (χ2n) is 5.70. The molecule has 0 aliphatic heterocycles. The summed E-state index contributed by atoms with van der Waals surface area (Å²) in [5.74, 6) is 1.79. The van der Waals surface area contributed by atoms with Crippen LogP contribution in [0.4, 0.5) is 0 Å². The molecule has 0 spiro atoms. The van der Waals surface area contributed by atoms with E-state index in [1.807, 2.05) is 19.1 Å². The van der Waals surface area contributed by atoms with Gasteiger partial charge >= 0.3 is 0 Å². The summed E-state index contributed by atoms with van der Waals surface area (Å²) in [6.45, 7) is 4.50. The average Bonchev–Trinajstić information content (AvgIpc) is 3.34. The highest BCUT2D eigenvalue weighted by Gasteiger charge is 2.22. The molecule has 0 amide bonds. The van der Waals surface area contributed by atoms with Crippen LogP contribution in [0.5, 0.6) is 5.75 Å². The van der Waals surface area contributed by atoms with Crippen molar-refractivity contribution in [1.82, 2.24) is 5.32 Å². The van der Waals surface area contributed by atoms with Gasteiger partial charge in [-0.25, -0.2) is 0 Å². The summed E-state index contributed by atoms with van der Waals surface area (Å²) in [6.07, 6.45) is 2.74. The first-order chi connectivity index (χ1) is 10.3. The average molecular weight is 281 g/mol. The highest BCUT2D eigenvalue weighted by Crippen LogP contribution is 2.39. The molecule has 21 heavy (non-hydrogen) atoms. The van der Waals surface area contributed by atoms with Crippen LogP contribution in [-0.4, -0.2) is 6.61 Å². The van der Waals surface area contributed by atoms with Gasteiger partial charge in [-0.3, -0.25) is 0 Å². The van der Waals surface area contributed by atoms with Crippen molar-refractivity contribution in [3.8, 4) is 5.75 Å². The smallest absolute Gasteiger partial charge is 0.119 e. The van der Waals surface area contributed by atoms with E-state index in [1.165, 1.54) is 29.5 Å². The Kier molecular flexibility index (Phi) is 4.56. The maximum Gasteiger partial charge on any atom is 0.119 e. The summed E-state index contributed by atoms with van der Waals surface area (Å²) in [5.41, 5.74) is 4.11. The zero-order valence-corrected chi connectivity index (χ0v) is 12.6. The van der Waals surface area contributed by atoms with Crippen molar-refractivity contribution >= 4 is 0 Å². The van der Waals surface area contributed by atoms with Crippen LogP contribution in [0.1, 0.15) is 42.4 Å². The Balaban J connectivity index is 1.49. The number of benzene rings is 2. The van der Waals surface area contributed by atoms with Crippen molar-refractivity contribution in [2.75, 3.05) is 6.61 Å². The molecule has 0 saturated heterocycles. The highest BCUT2D eigenvalue weighted by atomic mass is 16.5. The van der Waals surface area contributed by atoms with Crippen molar-refractivity contribution in [2.45, 2.75) is 38.8 Å². The summed E-state index contributed by atoms with van der Waals surface area (Å²) in [6, 6.07) is 17.3. The molecule has 2 aromatic rings. The molecular weight excluding hydrogens is 258 g/mol. The number of hydrogen-bond acceptors (Lipinski definition) is 2. The quantitative estimate of drug-likeness (QED) is 0.819. The van der Waals surface area contributed by atoms with E-state index >= 15 is 0 Å². The molecule has 2 aromatic carbocycles. The van der Waals surface area contributed by atoms with Gasteiger partial charge in [-0.1, -0.05) is 36.4 Å². The summed E-state index contributed by atoms with van der Waals surface area (Å²) < 4.78 is 5.52. The van der Waals surface area contributed by atoms with Gasteiger partial charge in [-0.05, 0) is 54.5 Å². The summed E-state index contributed by atoms with van der Waals surface area (Å²) in [4.78, 5) is 0. The molecule has 0 aromatic heterocycles. The number of hydrogen-bond donors (Lipinski definition) is 1. The standard InChI is InChI=1S/C19H23NO/c1-2-21-19-5-3-4-16(12-19)14-20-13-15-6-8-17(9-7-15)18-10-11-18/h3-9,12,18,20H,2,10-11,13-14H2,1H3. The molecule has 1 N–H and O–H groups in total. The van der Waals surface area contributed by atoms with Crippen LogP contribution in [0.2, 0.25) is 0 Å². The van der Waals surface area contributed by atoms with Crippen LogP contribution in [0, 0.1) is 0 Å². The molecule has 0 radical (unpaired) electrons. The van der Waals surface area contributed by atoms with Crippen LogP contribution >= 0.6 is 0 Å². The lowest BCUT2D eigenvalue weighted by molar-refractivity contribution is 0.340. The van der Waals surface area contributed by atoms with Crippen LogP contribution in [0.25, 0.3) is 0 Å². The van der Waals surface area contributed by atoms with Gasteiger partial charge in [-0.2, -0.15) is 0 Å². The molecule has 1 aliphatic carbocycles. The molecule has 0 unspecified atom stereocenters. The van der Waals surface area contributed by atoms with Gasteiger partial charge in [0, 0.05) is 13.1 Å². The molecule has 0 heterocycles. The molecule has 1 aliphatic rings. The third-order valence-electron chi connectivity index (χ3n) is 3.90. The second-order valence-corrected chi connectivity index (χ2v) is 5.70. The van der Waals surface area contributed by atoms with Gasteiger partial charge in [0.2, 0.25) is 0 Å². The molecule has 3 rings (SSSR count). The minimum absolute atomic E-state index is 0.713. The zero-order valence-electron chi connectivity index (χ0n) is 12.6. The molecule has 2 heteroatoms.